The van der Waals surface area contributed by atoms with E-state index in [4.69, 9.17) is 0 Å². The predicted octanol–water partition coefficient (Wildman–Crippen LogP) is 4.24. The van der Waals surface area contributed by atoms with Crippen molar-refractivity contribution < 1.29 is 26.7 Å². The van der Waals surface area contributed by atoms with E-state index in [2.05, 4.69) is 0 Å². The van der Waals surface area contributed by atoms with Gasteiger partial charge in [-0.3, -0.25) is 4.79 Å². The molecule has 0 saturated heterocycles. The van der Waals surface area contributed by atoms with Crippen LogP contribution in [0.4, 0.5) is 22.0 Å². The monoisotopic (exact) mass is 306 g/mol. The van der Waals surface area contributed by atoms with Gasteiger partial charge in [0.15, 0.2) is 23.3 Å². The van der Waals surface area contributed by atoms with E-state index in [0.29, 0.717) is 6.42 Å². The van der Waals surface area contributed by atoms with Crippen LogP contribution in [0.2, 0.25) is 0 Å². The molecule has 0 saturated carbocycles. The van der Waals surface area contributed by atoms with Gasteiger partial charge in [0.1, 0.15) is 5.56 Å². The van der Waals surface area contributed by atoms with Crippen molar-refractivity contribution in [3.8, 4) is 0 Å². The Labute approximate surface area is 114 Å². The van der Waals surface area contributed by atoms with Crippen LogP contribution in [0.3, 0.4) is 0 Å². The zero-order chi connectivity index (χ0) is 15.0. The summed E-state index contributed by atoms with van der Waals surface area (Å²) in [6, 6.07) is 2.85. The molecule has 0 spiro atoms. The van der Waals surface area contributed by atoms with Crippen molar-refractivity contribution in [3.63, 3.8) is 0 Å². The lowest BCUT2D eigenvalue weighted by molar-refractivity contribution is 0.103. The molecule has 1 aromatic carbocycles. The highest BCUT2D eigenvalue weighted by Gasteiger charge is 2.30. The first-order chi connectivity index (χ1) is 9.38. The first kappa shape index (κ1) is 14.6. The molecule has 2 aromatic rings. The maximum Gasteiger partial charge on any atom is 0.209 e. The molecule has 1 aromatic heterocycles. The van der Waals surface area contributed by atoms with Gasteiger partial charge in [0.05, 0.1) is 4.88 Å². The Balaban J connectivity index is 2.60. The fourth-order valence-corrected chi connectivity index (χ4v) is 2.51. The second kappa shape index (κ2) is 5.32. The summed E-state index contributed by atoms with van der Waals surface area (Å²) in [5, 5.41) is 0. The van der Waals surface area contributed by atoms with Crippen molar-refractivity contribution in [2.45, 2.75) is 13.3 Å². The summed E-state index contributed by atoms with van der Waals surface area (Å²) in [6.45, 7) is 1.80. The summed E-state index contributed by atoms with van der Waals surface area (Å²) < 4.78 is 65.9. The summed E-state index contributed by atoms with van der Waals surface area (Å²) >= 11 is 0.948. The number of benzene rings is 1. The van der Waals surface area contributed by atoms with Crippen LogP contribution in [0.1, 0.15) is 27.0 Å². The van der Waals surface area contributed by atoms with Crippen LogP contribution in [0.15, 0.2) is 12.1 Å². The number of hydrogen-bond donors (Lipinski definition) is 0. The van der Waals surface area contributed by atoms with Crippen molar-refractivity contribution >= 4 is 17.1 Å². The first-order valence-corrected chi connectivity index (χ1v) is 6.35. The van der Waals surface area contributed by atoms with Crippen LogP contribution < -0.4 is 0 Å². The fourth-order valence-electron chi connectivity index (χ4n) is 1.62. The van der Waals surface area contributed by atoms with Crippen LogP contribution in [0.25, 0.3) is 0 Å². The molecule has 0 aliphatic carbocycles. The minimum atomic E-state index is -2.28. The summed E-state index contributed by atoms with van der Waals surface area (Å²) in [5.41, 5.74) is -1.43. The van der Waals surface area contributed by atoms with E-state index in [-0.39, 0.29) is 4.88 Å². The molecule has 0 radical (unpaired) electrons. The number of aryl methyl sites for hydroxylation is 1. The number of halogens is 5. The fraction of sp³-hybridized carbons (Fsp3) is 0.154. The molecule has 1 heterocycles. The highest BCUT2D eigenvalue weighted by Crippen LogP contribution is 2.27. The maximum absolute atomic E-state index is 13.5. The predicted molar refractivity (Wildman–Crippen MR) is 63.4 cm³/mol. The lowest BCUT2D eigenvalue weighted by Crippen LogP contribution is -2.12. The molecular formula is C13H7F5OS. The smallest absolute Gasteiger partial charge is 0.209 e. The Kier molecular flexibility index (Phi) is 3.89. The van der Waals surface area contributed by atoms with Gasteiger partial charge in [-0.25, -0.2) is 22.0 Å². The van der Waals surface area contributed by atoms with Crippen molar-refractivity contribution in [1.29, 1.82) is 0 Å². The van der Waals surface area contributed by atoms with Crippen LogP contribution in [-0.4, -0.2) is 5.78 Å². The average molecular weight is 306 g/mol. The minimum absolute atomic E-state index is 0.0786. The van der Waals surface area contributed by atoms with E-state index in [1.165, 1.54) is 6.07 Å². The number of ketones is 1. The third kappa shape index (κ3) is 2.22. The van der Waals surface area contributed by atoms with E-state index in [1.807, 2.05) is 0 Å². The van der Waals surface area contributed by atoms with Crippen molar-refractivity contribution in [1.82, 2.24) is 0 Å². The summed E-state index contributed by atoms with van der Waals surface area (Å²) in [7, 11) is 0. The quantitative estimate of drug-likeness (QED) is 0.359. The lowest BCUT2D eigenvalue weighted by atomic mass is 10.1. The number of rotatable bonds is 3. The molecule has 0 aliphatic heterocycles. The second-order valence-electron chi connectivity index (χ2n) is 3.89. The molecular weight excluding hydrogens is 299 g/mol. The number of thiophene rings is 1. The second-order valence-corrected chi connectivity index (χ2v) is 5.06. The largest absolute Gasteiger partial charge is 0.287 e. The van der Waals surface area contributed by atoms with E-state index in [9.17, 15) is 26.7 Å². The molecule has 0 N–H and O–H groups in total. The van der Waals surface area contributed by atoms with Crippen molar-refractivity contribution in [2.75, 3.05) is 0 Å². The first-order valence-electron chi connectivity index (χ1n) is 5.53. The van der Waals surface area contributed by atoms with Gasteiger partial charge in [-0.2, -0.15) is 0 Å². The summed E-state index contributed by atoms with van der Waals surface area (Å²) in [6.07, 6.45) is 0.592. The van der Waals surface area contributed by atoms with Crippen molar-refractivity contribution in [2.24, 2.45) is 0 Å². The third-order valence-electron chi connectivity index (χ3n) is 2.67. The Morgan fingerprint density at radius 1 is 0.950 bits per heavy atom. The van der Waals surface area contributed by atoms with E-state index >= 15 is 0 Å². The molecule has 20 heavy (non-hydrogen) atoms. The Bertz CT molecular complexity index is 663. The number of carbonyl (C=O) groups is 1. The molecule has 7 heteroatoms. The zero-order valence-corrected chi connectivity index (χ0v) is 10.9. The molecule has 106 valence electrons. The van der Waals surface area contributed by atoms with Crippen LogP contribution in [0, 0.1) is 29.1 Å². The van der Waals surface area contributed by atoms with Crippen LogP contribution >= 0.6 is 11.3 Å². The highest BCUT2D eigenvalue weighted by atomic mass is 32.1. The zero-order valence-electron chi connectivity index (χ0n) is 10.1. The Hall–Kier alpha value is -1.76. The molecule has 0 aliphatic rings. The Morgan fingerprint density at radius 3 is 1.90 bits per heavy atom. The van der Waals surface area contributed by atoms with Gasteiger partial charge < -0.3 is 0 Å². The van der Waals surface area contributed by atoms with Crippen LogP contribution in [-0.2, 0) is 6.42 Å². The van der Waals surface area contributed by atoms with Gasteiger partial charge >= 0.3 is 0 Å². The molecule has 2 rings (SSSR count). The summed E-state index contributed by atoms with van der Waals surface area (Å²) in [5.74, 6) is -12.0. The maximum atomic E-state index is 13.5. The van der Waals surface area contributed by atoms with E-state index < -0.39 is 40.4 Å². The average Bonchev–Trinajstić information content (AvgIpc) is 2.92. The molecule has 1 nitrogen and oxygen atoms in total. The summed E-state index contributed by atoms with van der Waals surface area (Å²) in [4.78, 5) is 12.6. The highest BCUT2D eigenvalue weighted by molar-refractivity contribution is 7.14. The van der Waals surface area contributed by atoms with Gasteiger partial charge in [0, 0.05) is 4.88 Å². The third-order valence-corrected chi connectivity index (χ3v) is 3.90. The Morgan fingerprint density at radius 2 is 1.45 bits per heavy atom. The van der Waals surface area contributed by atoms with E-state index in [1.54, 1.807) is 13.0 Å². The molecule has 0 unspecified atom stereocenters. The normalized spacial score (nSPS) is 10.9. The van der Waals surface area contributed by atoms with Gasteiger partial charge in [-0.15, -0.1) is 11.3 Å². The van der Waals surface area contributed by atoms with E-state index in [0.717, 1.165) is 16.2 Å². The molecule has 0 amide bonds. The van der Waals surface area contributed by atoms with Gasteiger partial charge in [-0.1, -0.05) is 6.92 Å². The molecule has 0 fully saturated rings. The van der Waals surface area contributed by atoms with Gasteiger partial charge in [0.25, 0.3) is 0 Å². The van der Waals surface area contributed by atoms with Crippen molar-refractivity contribution in [3.05, 3.63) is 56.5 Å². The van der Waals surface area contributed by atoms with Gasteiger partial charge in [-0.05, 0) is 18.6 Å². The molecule has 0 bridgehead atoms. The van der Waals surface area contributed by atoms with Gasteiger partial charge in [0.2, 0.25) is 11.6 Å². The van der Waals surface area contributed by atoms with Crippen LogP contribution in [0.5, 0.6) is 0 Å². The topological polar surface area (TPSA) is 17.1 Å². The SMILES string of the molecule is CCc1ccc(C(=O)c2c(F)c(F)c(F)c(F)c2F)s1. The number of hydrogen-bond acceptors (Lipinski definition) is 2. The lowest BCUT2D eigenvalue weighted by Gasteiger charge is -2.06. The molecule has 0 atom stereocenters. The minimum Gasteiger partial charge on any atom is -0.287 e. The standard InChI is InChI=1S/C13H7F5OS/c1-2-5-3-4-6(20-5)13(19)7-8(14)10(16)12(18)11(17)9(7)15/h3-4H,2H2,1H3. The number of carbonyl (C=O) groups excluding carboxylic acids is 1.